The maximum absolute atomic E-state index is 11.5. The number of para-hydroxylation sites is 1. The van der Waals surface area contributed by atoms with E-state index in [1.54, 1.807) is 6.20 Å². The van der Waals surface area contributed by atoms with Crippen LogP contribution in [-0.2, 0) is 19.1 Å². The fourth-order valence-electron chi connectivity index (χ4n) is 1.74. The van der Waals surface area contributed by atoms with Gasteiger partial charge in [0, 0.05) is 29.6 Å². The van der Waals surface area contributed by atoms with E-state index in [4.69, 9.17) is 4.74 Å². The lowest BCUT2D eigenvalue weighted by Crippen LogP contribution is -2.10. The van der Waals surface area contributed by atoms with Crippen LogP contribution in [0.4, 0.5) is 0 Å². The van der Waals surface area contributed by atoms with Crippen molar-refractivity contribution >= 4 is 28.9 Å². The van der Waals surface area contributed by atoms with E-state index < -0.39 is 11.9 Å². The fraction of sp³-hybridized carbons (Fsp3) is 0.143. The first-order valence-corrected chi connectivity index (χ1v) is 5.66. The summed E-state index contributed by atoms with van der Waals surface area (Å²) in [6, 6.07) is 7.60. The van der Waals surface area contributed by atoms with E-state index in [-0.39, 0.29) is 5.76 Å². The molecule has 1 N–H and O–H groups in total. The van der Waals surface area contributed by atoms with Crippen LogP contribution in [0, 0.1) is 0 Å². The Balaban J connectivity index is 2.45. The molecule has 98 valence electrons. The summed E-state index contributed by atoms with van der Waals surface area (Å²) < 4.78 is 9.44. The van der Waals surface area contributed by atoms with Crippen molar-refractivity contribution < 1.29 is 19.1 Å². The molecule has 5 heteroatoms. The van der Waals surface area contributed by atoms with Crippen molar-refractivity contribution in [3.63, 3.8) is 0 Å². The highest BCUT2D eigenvalue weighted by molar-refractivity contribution is 5.97. The van der Waals surface area contributed by atoms with E-state index >= 15 is 0 Å². The van der Waals surface area contributed by atoms with Gasteiger partial charge in [0.25, 0.3) is 0 Å². The van der Waals surface area contributed by atoms with Crippen molar-refractivity contribution in [3.05, 3.63) is 41.8 Å². The summed E-state index contributed by atoms with van der Waals surface area (Å²) in [5, 5.41) is 0.927. The maximum atomic E-state index is 11.5. The van der Waals surface area contributed by atoms with Gasteiger partial charge in [0.05, 0.1) is 7.11 Å². The number of H-pyrrole nitrogens is 1. The average molecular weight is 259 g/mol. The van der Waals surface area contributed by atoms with Crippen LogP contribution in [0.2, 0.25) is 0 Å². The zero-order valence-corrected chi connectivity index (χ0v) is 10.6. The van der Waals surface area contributed by atoms with Crippen LogP contribution in [0.25, 0.3) is 17.0 Å². The second-order valence-electron chi connectivity index (χ2n) is 3.88. The van der Waals surface area contributed by atoms with Crippen molar-refractivity contribution in [3.8, 4) is 0 Å². The smallest absolute Gasteiger partial charge is 0.374 e. The topological polar surface area (TPSA) is 68.4 Å². The van der Waals surface area contributed by atoms with Gasteiger partial charge < -0.3 is 14.5 Å². The monoisotopic (exact) mass is 259 g/mol. The van der Waals surface area contributed by atoms with Gasteiger partial charge >= 0.3 is 11.9 Å². The number of hydrogen-bond donors (Lipinski definition) is 1. The van der Waals surface area contributed by atoms with Gasteiger partial charge in [-0.2, -0.15) is 0 Å². The number of carbonyl (C=O) groups is 2. The van der Waals surface area contributed by atoms with Gasteiger partial charge in [0.2, 0.25) is 5.76 Å². The molecule has 0 unspecified atom stereocenters. The zero-order valence-electron chi connectivity index (χ0n) is 10.6. The van der Waals surface area contributed by atoms with Crippen molar-refractivity contribution in [1.29, 1.82) is 0 Å². The molecule has 0 saturated heterocycles. The zero-order chi connectivity index (χ0) is 13.8. The molecule has 0 atom stereocenters. The van der Waals surface area contributed by atoms with Gasteiger partial charge in [-0.25, -0.2) is 4.79 Å². The van der Waals surface area contributed by atoms with Crippen molar-refractivity contribution in [2.24, 2.45) is 0 Å². The number of rotatable bonds is 3. The Morgan fingerprint density at radius 1 is 1.26 bits per heavy atom. The van der Waals surface area contributed by atoms with Crippen LogP contribution in [-0.4, -0.2) is 24.0 Å². The van der Waals surface area contributed by atoms with Crippen LogP contribution < -0.4 is 0 Å². The van der Waals surface area contributed by atoms with E-state index in [1.165, 1.54) is 20.1 Å². The van der Waals surface area contributed by atoms with Crippen LogP contribution >= 0.6 is 0 Å². The Morgan fingerprint density at radius 3 is 2.68 bits per heavy atom. The van der Waals surface area contributed by atoms with E-state index in [0.29, 0.717) is 0 Å². The number of methoxy groups -OCH3 is 1. The van der Waals surface area contributed by atoms with Crippen molar-refractivity contribution in [1.82, 2.24) is 4.98 Å². The van der Waals surface area contributed by atoms with Crippen LogP contribution in [0.15, 0.2) is 36.2 Å². The quantitative estimate of drug-likeness (QED) is 0.521. The molecule has 5 nitrogen and oxygen atoms in total. The number of nitrogens with one attached hydrogen (secondary N) is 1. The third-order valence-electron chi connectivity index (χ3n) is 2.55. The Bertz CT molecular complexity index is 654. The second kappa shape index (κ2) is 5.39. The first-order valence-electron chi connectivity index (χ1n) is 5.66. The number of aromatic nitrogens is 1. The summed E-state index contributed by atoms with van der Waals surface area (Å²) in [4.78, 5) is 25.6. The summed E-state index contributed by atoms with van der Waals surface area (Å²) >= 11 is 0. The van der Waals surface area contributed by atoms with E-state index in [0.717, 1.165) is 16.5 Å². The number of esters is 2. The molecule has 0 fully saturated rings. The van der Waals surface area contributed by atoms with E-state index in [2.05, 4.69) is 9.72 Å². The maximum Gasteiger partial charge on any atom is 0.374 e. The fourth-order valence-corrected chi connectivity index (χ4v) is 1.74. The molecular weight excluding hydrogens is 246 g/mol. The predicted octanol–water partition coefficient (Wildman–Crippen LogP) is 2.24. The lowest BCUT2D eigenvalue weighted by atomic mass is 10.1. The number of fused-ring (bicyclic) bond motifs is 1. The summed E-state index contributed by atoms with van der Waals surface area (Å²) in [7, 11) is 1.23. The molecule has 0 aliphatic heterocycles. The molecule has 0 spiro atoms. The molecule has 2 aromatic rings. The normalized spacial score (nSPS) is 11.4. The lowest BCUT2D eigenvalue weighted by Gasteiger charge is -2.04. The molecule has 0 amide bonds. The number of benzene rings is 1. The lowest BCUT2D eigenvalue weighted by molar-refractivity contribution is -0.148. The molecule has 1 heterocycles. The minimum Gasteiger partial charge on any atom is -0.463 e. The molecule has 1 aromatic carbocycles. The molecule has 0 saturated carbocycles. The standard InChI is InChI=1S/C14H13NO4/c1-9(16)19-13(14(17)18-2)7-10-8-15-12-6-4-3-5-11(10)12/h3-8,15H,1-2H3. The largest absolute Gasteiger partial charge is 0.463 e. The summed E-state index contributed by atoms with van der Waals surface area (Å²) in [6.07, 6.45) is 3.21. The van der Waals surface area contributed by atoms with Gasteiger partial charge in [0.15, 0.2) is 0 Å². The SMILES string of the molecule is COC(=O)C(=Cc1c[nH]c2ccccc12)OC(C)=O. The number of ether oxygens (including phenoxy) is 2. The highest BCUT2D eigenvalue weighted by atomic mass is 16.6. The van der Waals surface area contributed by atoms with Gasteiger partial charge in [-0.15, -0.1) is 0 Å². The highest BCUT2D eigenvalue weighted by Crippen LogP contribution is 2.21. The van der Waals surface area contributed by atoms with Crippen LogP contribution in [0.3, 0.4) is 0 Å². The van der Waals surface area contributed by atoms with Crippen molar-refractivity contribution in [2.45, 2.75) is 6.92 Å². The molecule has 1 aromatic heterocycles. The summed E-state index contributed by atoms with van der Waals surface area (Å²) in [6.45, 7) is 1.23. The van der Waals surface area contributed by atoms with Crippen molar-refractivity contribution in [2.75, 3.05) is 7.11 Å². The molecule has 0 aliphatic rings. The Morgan fingerprint density at radius 2 is 2.00 bits per heavy atom. The Labute approximate surface area is 109 Å². The van der Waals surface area contributed by atoms with Gasteiger partial charge in [-0.1, -0.05) is 18.2 Å². The van der Waals surface area contributed by atoms with E-state index in [9.17, 15) is 9.59 Å². The highest BCUT2D eigenvalue weighted by Gasteiger charge is 2.14. The summed E-state index contributed by atoms with van der Waals surface area (Å²) in [5.74, 6) is -1.41. The second-order valence-corrected chi connectivity index (χ2v) is 3.88. The molecule has 0 bridgehead atoms. The minimum absolute atomic E-state index is 0.139. The molecular formula is C14H13NO4. The molecule has 0 radical (unpaired) electrons. The van der Waals surface area contributed by atoms with Gasteiger partial charge in [-0.3, -0.25) is 4.79 Å². The third-order valence-corrected chi connectivity index (χ3v) is 2.55. The first-order chi connectivity index (χ1) is 9.11. The Hall–Kier alpha value is -2.56. The Kier molecular flexibility index (Phi) is 3.66. The number of carbonyl (C=O) groups excluding carboxylic acids is 2. The van der Waals surface area contributed by atoms with Gasteiger partial charge in [0.1, 0.15) is 0 Å². The van der Waals surface area contributed by atoms with Gasteiger partial charge in [-0.05, 0) is 12.1 Å². The third kappa shape index (κ3) is 2.82. The molecule has 2 rings (SSSR count). The minimum atomic E-state index is -0.694. The number of aromatic amines is 1. The molecule has 0 aliphatic carbocycles. The van der Waals surface area contributed by atoms with Crippen LogP contribution in [0.5, 0.6) is 0 Å². The van der Waals surface area contributed by atoms with Crippen LogP contribution in [0.1, 0.15) is 12.5 Å². The van der Waals surface area contributed by atoms with E-state index in [1.807, 2.05) is 24.3 Å². The predicted molar refractivity (Wildman–Crippen MR) is 70.1 cm³/mol. The first kappa shape index (κ1) is 12.9. The number of hydrogen-bond acceptors (Lipinski definition) is 4. The average Bonchev–Trinajstić information content (AvgIpc) is 2.80. The molecule has 19 heavy (non-hydrogen) atoms. The summed E-state index contributed by atoms with van der Waals surface area (Å²) in [5.41, 5.74) is 1.68.